The molecule has 3 heterocycles. The number of sulfone groups is 1. The maximum absolute atomic E-state index is 13.6. The maximum atomic E-state index is 13.6. The van der Waals surface area contributed by atoms with Crippen molar-refractivity contribution in [3.05, 3.63) is 74.0 Å². The average Bonchev–Trinajstić information content (AvgIpc) is 2.78. The number of nitriles is 1. The van der Waals surface area contributed by atoms with Crippen LogP contribution in [0.1, 0.15) is 25.0 Å². The van der Waals surface area contributed by atoms with Crippen LogP contribution in [0.15, 0.2) is 57.2 Å². The number of allylic oxidation sites excluding steroid dienone is 1. The lowest BCUT2D eigenvalue weighted by atomic mass is 10.1. The van der Waals surface area contributed by atoms with Gasteiger partial charge in [-0.25, -0.2) is 13.4 Å². The molecule has 0 saturated carbocycles. The van der Waals surface area contributed by atoms with Gasteiger partial charge in [0.2, 0.25) is 9.84 Å². The van der Waals surface area contributed by atoms with Gasteiger partial charge in [-0.2, -0.15) is 5.26 Å². The topological polar surface area (TPSA) is 105 Å². The minimum absolute atomic E-state index is 0.0264. The molecule has 34 heavy (non-hydrogen) atoms. The molecule has 176 valence electrons. The summed E-state index contributed by atoms with van der Waals surface area (Å²) in [7, 11) is -4.19. The molecule has 0 bridgehead atoms. The number of morpholine rings is 1. The molecule has 4 rings (SSSR count). The number of anilines is 1. The van der Waals surface area contributed by atoms with Crippen LogP contribution in [-0.2, 0) is 14.6 Å². The molecule has 1 aliphatic rings. The number of halogens is 1. The first-order valence-corrected chi connectivity index (χ1v) is 12.5. The second-order valence-corrected chi connectivity index (χ2v) is 10.6. The number of rotatable bonds is 4. The van der Waals surface area contributed by atoms with Crippen LogP contribution in [0.25, 0.3) is 11.7 Å². The summed E-state index contributed by atoms with van der Waals surface area (Å²) in [6.45, 7) is 6.61. The number of pyridine rings is 1. The normalized spacial score (nSPS) is 19.3. The van der Waals surface area contributed by atoms with E-state index in [1.54, 1.807) is 18.3 Å². The Bertz CT molecular complexity index is 1480. The molecular formula is C24H23ClN4O4S. The number of ether oxygens (including phenoxy) is 1. The van der Waals surface area contributed by atoms with Crippen molar-refractivity contribution in [3.63, 3.8) is 0 Å². The molecule has 0 N–H and O–H groups in total. The molecule has 2 atom stereocenters. The summed E-state index contributed by atoms with van der Waals surface area (Å²) in [6.07, 6.45) is 2.45. The zero-order valence-corrected chi connectivity index (χ0v) is 20.5. The summed E-state index contributed by atoms with van der Waals surface area (Å²) >= 11 is 5.88. The van der Waals surface area contributed by atoms with Crippen molar-refractivity contribution in [2.75, 3.05) is 18.0 Å². The molecule has 8 nitrogen and oxygen atoms in total. The van der Waals surface area contributed by atoms with E-state index in [1.807, 2.05) is 31.7 Å². The first-order chi connectivity index (χ1) is 16.1. The Morgan fingerprint density at radius 3 is 2.47 bits per heavy atom. The molecule has 2 unspecified atom stereocenters. The molecule has 10 heteroatoms. The van der Waals surface area contributed by atoms with E-state index in [4.69, 9.17) is 21.3 Å². The lowest BCUT2D eigenvalue weighted by Gasteiger charge is -2.36. The summed E-state index contributed by atoms with van der Waals surface area (Å²) in [6, 6.07) is 10.8. The highest BCUT2D eigenvalue weighted by Gasteiger charge is 2.28. The number of fused-ring (bicyclic) bond motifs is 1. The van der Waals surface area contributed by atoms with Crippen LogP contribution in [0.2, 0.25) is 5.02 Å². The minimum atomic E-state index is -4.19. The zero-order chi connectivity index (χ0) is 24.6. The Morgan fingerprint density at radius 1 is 1.21 bits per heavy atom. The van der Waals surface area contributed by atoms with Crippen molar-refractivity contribution >= 4 is 39.0 Å². The standard InChI is InChI=1S/C24H23ClN4O4S/c1-15-5-4-10-29-22(15)27-23(28-13-16(2)33-17(3)14-28)21(24(29)30)11-20(12-26)34(31,32)19-8-6-18(25)7-9-19/h4-11,16-17H,13-14H2,1-3H3. The molecule has 0 spiro atoms. The number of nitrogens with zero attached hydrogens (tertiary/aromatic N) is 4. The van der Waals surface area contributed by atoms with E-state index in [1.165, 1.54) is 28.7 Å². The fourth-order valence-electron chi connectivity index (χ4n) is 4.06. The van der Waals surface area contributed by atoms with E-state index in [9.17, 15) is 18.5 Å². The first-order valence-electron chi connectivity index (χ1n) is 10.7. The molecule has 1 aliphatic heterocycles. The van der Waals surface area contributed by atoms with Crippen LogP contribution in [0.4, 0.5) is 5.82 Å². The minimum Gasteiger partial charge on any atom is -0.372 e. The number of aromatic nitrogens is 2. The van der Waals surface area contributed by atoms with Crippen LogP contribution in [0.5, 0.6) is 0 Å². The molecule has 1 fully saturated rings. The molecule has 1 aromatic carbocycles. The average molecular weight is 499 g/mol. The van der Waals surface area contributed by atoms with Gasteiger partial charge in [-0.3, -0.25) is 9.20 Å². The van der Waals surface area contributed by atoms with Gasteiger partial charge in [-0.15, -0.1) is 0 Å². The van der Waals surface area contributed by atoms with Crippen LogP contribution < -0.4 is 10.5 Å². The Balaban J connectivity index is 1.97. The van der Waals surface area contributed by atoms with Crippen LogP contribution in [0.3, 0.4) is 0 Å². The van der Waals surface area contributed by atoms with E-state index in [0.717, 1.165) is 11.6 Å². The van der Waals surface area contributed by atoms with Gasteiger partial charge in [0.1, 0.15) is 22.4 Å². The van der Waals surface area contributed by atoms with Crippen LogP contribution in [-0.4, -0.2) is 43.1 Å². The van der Waals surface area contributed by atoms with Crippen molar-refractivity contribution in [1.82, 2.24) is 9.38 Å². The lowest BCUT2D eigenvalue weighted by Crippen LogP contribution is -2.46. The third-order valence-electron chi connectivity index (χ3n) is 5.58. The predicted octanol–water partition coefficient (Wildman–Crippen LogP) is 3.61. The predicted molar refractivity (Wildman–Crippen MR) is 131 cm³/mol. The van der Waals surface area contributed by atoms with Crippen molar-refractivity contribution < 1.29 is 13.2 Å². The largest absolute Gasteiger partial charge is 0.372 e. The van der Waals surface area contributed by atoms with Crippen molar-refractivity contribution in [3.8, 4) is 6.07 Å². The molecule has 2 aromatic heterocycles. The van der Waals surface area contributed by atoms with Gasteiger partial charge in [-0.1, -0.05) is 17.7 Å². The van der Waals surface area contributed by atoms with Gasteiger partial charge >= 0.3 is 0 Å². The van der Waals surface area contributed by atoms with Crippen molar-refractivity contribution in [1.29, 1.82) is 5.26 Å². The van der Waals surface area contributed by atoms with Crippen LogP contribution >= 0.6 is 11.6 Å². The molecule has 0 radical (unpaired) electrons. The fourth-order valence-corrected chi connectivity index (χ4v) is 5.33. The van der Waals surface area contributed by atoms with Crippen molar-refractivity contribution in [2.24, 2.45) is 0 Å². The van der Waals surface area contributed by atoms with E-state index in [-0.39, 0.29) is 22.7 Å². The molecule has 3 aromatic rings. The monoisotopic (exact) mass is 498 g/mol. The second-order valence-electron chi connectivity index (χ2n) is 8.28. The van der Waals surface area contributed by atoms with Gasteiger partial charge in [0.25, 0.3) is 5.56 Å². The SMILES string of the molecule is Cc1cccn2c(=O)c(C=C(C#N)S(=O)(=O)c3ccc(Cl)cc3)c(N3CC(C)OC(C)C3)nc12. The van der Waals surface area contributed by atoms with Crippen molar-refractivity contribution in [2.45, 2.75) is 37.9 Å². The quantitative estimate of drug-likeness (QED) is 0.506. The smallest absolute Gasteiger partial charge is 0.267 e. The highest BCUT2D eigenvalue weighted by Crippen LogP contribution is 2.27. The first kappa shape index (κ1) is 24.0. The number of aryl methyl sites for hydroxylation is 1. The van der Waals surface area contributed by atoms with Gasteiger partial charge in [0, 0.05) is 24.3 Å². The molecule has 0 aliphatic carbocycles. The van der Waals surface area contributed by atoms with Gasteiger partial charge in [-0.05, 0) is 62.7 Å². The maximum Gasteiger partial charge on any atom is 0.267 e. The lowest BCUT2D eigenvalue weighted by molar-refractivity contribution is -0.00546. The molecule has 1 saturated heterocycles. The van der Waals surface area contributed by atoms with Gasteiger partial charge < -0.3 is 9.64 Å². The summed E-state index contributed by atoms with van der Waals surface area (Å²) in [4.78, 5) is 19.6. The third kappa shape index (κ3) is 4.44. The summed E-state index contributed by atoms with van der Waals surface area (Å²) < 4.78 is 33.6. The third-order valence-corrected chi connectivity index (χ3v) is 7.52. The number of benzene rings is 1. The summed E-state index contributed by atoms with van der Waals surface area (Å²) in [5.74, 6) is 0.320. The van der Waals surface area contributed by atoms with E-state index < -0.39 is 20.3 Å². The van der Waals surface area contributed by atoms with Gasteiger partial charge in [0.05, 0.1) is 22.7 Å². The van der Waals surface area contributed by atoms with E-state index in [2.05, 4.69) is 0 Å². The van der Waals surface area contributed by atoms with Gasteiger partial charge in [0.15, 0.2) is 0 Å². The molecule has 0 amide bonds. The summed E-state index contributed by atoms with van der Waals surface area (Å²) in [5.41, 5.74) is 0.818. The highest BCUT2D eigenvalue weighted by atomic mass is 35.5. The molecular weight excluding hydrogens is 476 g/mol. The van der Waals surface area contributed by atoms with E-state index >= 15 is 0 Å². The Morgan fingerprint density at radius 2 is 1.85 bits per heavy atom. The fraction of sp³-hybridized carbons (Fsp3) is 0.292. The Labute approximate surface area is 202 Å². The Kier molecular flexibility index (Phi) is 6.49. The number of hydrogen-bond donors (Lipinski definition) is 0. The van der Waals surface area contributed by atoms with Crippen LogP contribution in [0, 0.1) is 18.3 Å². The second kappa shape index (κ2) is 9.22. The highest BCUT2D eigenvalue weighted by molar-refractivity contribution is 7.95. The van der Waals surface area contributed by atoms with E-state index in [0.29, 0.717) is 29.6 Å². The number of hydrogen-bond acceptors (Lipinski definition) is 7. The zero-order valence-electron chi connectivity index (χ0n) is 18.9. The summed E-state index contributed by atoms with van der Waals surface area (Å²) in [5, 5.41) is 10.2. The Hall–Kier alpha value is -3.19.